The molecule has 10 heteroatoms. The highest BCUT2D eigenvalue weighted by atomic mass is 35.5. The van der Waals surface area contributed by atoms with Crippen molar-refractivity contribution in [3.8, 4) is 5.75 Å². The van der Waals surface area contributed by atoms with Gasteiger partial charge in [-0.05, 0) is 54.4 Å². The highest BCUT2D eigenvalue weighted by Gasteiger charge is 2.22. The van der Waals surface area contributed by atoms with Gasteiger partial charge in [0.1, 0.15) is 18.4 Å². The van der Waals surface area contributed by atoms with E-state index in [4.69, 9.17) is 16.3 Å². The molecular formula is C20H22ClN3O4S2. The van der Waals surface area contributed by atoms with Crippen LogP contribution in [0.5, 0.6) is 5.75 Å². The van der Waals surface area contributed by atoms with Crippen LogP contribution >= 0.6 is 23.4 Å². The minimum atomic E-state index is -3.70. The number of amides is 1. The number of sulfonamides is 1. The predicted octanol–water partition coefficient (Wildman–Crippen LogP) is 3.06. The molecule has 0 atom stereocenters. The lowest BCUT2D eigenvalue weighted by molar-refractivity contribution is -0.119. The van der Waals surface area contributed by atoms with Crippen LogP contribution in [0.15, 0.2) is 47.6 Å². The van der Waals surface area contributed by atoms with Gasteiger partial charge in [0.2, 0.25) is 10.0 Å². The zero-order valence-corrected chi connectivity index (χ0v) is 18.9. The van der Waals surface area contributed by atoms with Gasteiger partial charge < -0.3 is 4.74 Å². The maximum atomic E-state index is 12.3. The van der Waals surface area contributed by atoms with Gasteiger partial charge in [-0.15, -0.1) is 0 Å². The second-order valence-corrected chi connectivity index (χ2v) is 10.3. The molecule has 1 aliphatic rings. The Morgan fingerprint density at radius 1 is 1.30 bits per heavy atom. The average Bonchev–Trinajstić information content (AvgIpc) is 2.65. The van der Waals surface area contributed by atoms with Gasteiger partial charge in [-0.1, -0.05) is 17.7 Å². The maximum Gasteiger partial charge on any atom is 0.260 e. The fourth-order valence-corrected chi connectivity index (χ4v) is 4.32. The van der Waals surface area contributed by atoms with Crippen molar-refractivity contribution >= 4 is 51.2 Å². The molecule has 1 N–H and O–H groups in total. The number of nitrogens with zero attached hydrogens (tertiary/aromatic N) is 2. The summed E-state index contributed by atoms with van der Waals surface area (Å²) >= 11 is 7.85. The Labute approximate surface area is 185 Å². The fraction of sp³-hybridized carbons (Fsp3) is 0.300. The molecule has 1 aliphatic heterocycles. The Hall–Kier alpha value is -2.23. The Morgan fingerprint density at radius 3 is 2.60 bits per heavy atom. The molecule has 3 rings (SSSR count). The van der Waals surface area contributed by atoms with Crippen molar-refractivity contribution in [3.05, 3.63) is 58.6 Å². The van der Waals surface area contributed by atoms with Crippen LogP contribution < -0.4 is 14.5 Å². The number of aryl methyl sites for hydroxylation is 1. The number of hydrogen-bond donors (Lipinski definition) is 1. The normalized spacial score (nSPS) is 14.4. The third-order valence-electron chi connectivity index (χ3n) is 4.32. The molecule has 0 aromatic heterocycles. The number of nitrogens with one attached hydrogen (secondary N) is 1. The van der Waals surface area contributed by atoms with Gasteiger partial charge in [-0.3, -0.25) is 9.10 Å². The van der Waals surface area contributed by atoms with E-state index in [1.54, 1.807) is 19.1 Å². The molecule has 1 fully saturated rings. The lowest BCUT2D eigenvalue weighted by atomic mass is 10.2. The molecule has 2 aromatic rings. The van der Waals surface area contributed by atoms with E-state index in [1.165, 1.54) is 12.3 Å². The molecule has 30 heavy (non-hydrogen) atoms. The zero-order chi connectivity index (χ0) is 21.7. The molecule has 0 aliphatic carbocycles. The molecular weight excluding hydrogens is 446 g/mol. The van der Waals surface area contributed by atoms with Crippen molar-refractivity contribution in [3.63, 3.8) is 0 Å². The van der Waals surface area contributed by atoms with Gasteiger partial charge >= 0.3 is 0 Å². The molecule has 2 aromatic carbocycles. The van der Waals surface area contributed by atoms with Crippen LogP contribution in [0.1, 0.15) is 11.1 Å². The van der Waals surface area contributed by atoms with Gasteiger partial charge in [0.15, 0.2) is 0 Å². The van der Waals surface area contributed by atoms with Crippen LogP contribution in [0.25, 0.3) is 0 Å². The van der Waals surface area contributed by atoms with Crippen LogP contribution in [-0.4, -0.2) is 50.9 Å². The summed E-state index contributed by atoms with van der Waals surface area (Å²) < 4.78 is 31.2. The van der Waals surface area contributed by atoms with Crippen LogP contribution in [-0.2, 0) is 14.8 Å². The monoisotopic (exact) mass is 467 g/mol. The Bertz CT molecular complexity index is 1040. The van der Waals surface area contributed by atoms with Crippen molar-refractivity contribution in [2.45, 2.75) is 13.0 Å². The number of ether oxygens (including phenoxy) is 1. The molecule has 0 bridgehead atoms. The van der Waals surface area contributed by atoms with Gasteiger partial charge in [0, 0.05) is 16.5 Å². The van der Waals surface area contributed by atoms with Gasteiger partial charge in [-0.2, -0.15) is 16.9 Å². The summed E-state index contributed by atoms with van der Waals surface area (Å²) in [4.78, 5) is 12.3. The number of anilines is 1. The molecule has 1 heterocycles. The van der Waals surface area contributed by atoms with E-state index < -0.39 is 22.5 Å². The Morgan fingerprint density at radius 2 is 2.00 bits per heavy atom. The first-order valence-corrected chi connectivity index (χ1v) is 12.5. The van der Waals surface area contributed by atoms with Crippen LogP contribution in [0.3, 0.4) is 0 Å². The van der Waals surface area contributed by atoms with Gasteiger partial charge in [0.05, 0.1) is 18.2 Å². The van der Waals surface area contributed by atoms with Crippen molar-refractivity contribution < 1.29 is 17.9 Å². The van der Waals surface area contributed by atoms with E-state index in [0.717, 1.165) is 33.4 Å². The molecule has 1 saturated heterocycles. The topological polar surface area (TPSA) is 88.1 Å². The first kappa shape index (κ1) is 22.5. The lowest BCUT2D eigenvalue weighted by Crippen LogP contribution is -2.39. The first-order chi connectivity index (χ1) is 14.2. The number of hydrazone groups is 1. The van der Waals surface area contributed by atoms with E-state index in [-0.39, 0.29) is 6.10 Å². The number of carbonyl (C=O) groups is 1. The maximum absolute atomic E-state index is 12.3. The van der Waals surface area contributed by atoms with Crippen molar-refractivity contribution in [1.29, 1.82) is 0 Å². The number of rotatable bonds is 8. The molecule has 160 valence electrons. The van der Waals surface area contributed by atoms with E-state index in [0.29, 0.717) is 16.3 Å². The number of hydrogen-bond acceptors (Lipinski definition) is 6. The predicted molar refractivity (Wildman–Crippen MR) is 122 cm³/mol. The largest absolute Gasteiger partial charge is 0.489 e. The second kappa shape index (κ2) is 9.72. The smallest absolute Gasteiger partial charge is 0.260 e. The highest BCUT2D eigenvalue weighted by molar-refractivity contribution is 8.00. The number of benzene rings is 2. The summed E-state index contributed by atoms with van der Waals surface area (Å²) in [6.07, 6.45) is 2.79. The van der Waals surface area contributed by atoms with E-state index in [9.17, 15) is 13.2 Å². The Balaban J connectivity index is 1.60. The van der Waals surface area contributed by atoms with E-state index in [1.807, 2.05) is 36.0 Å². The second-order valence-electron chi connectivity index (χ2n) is 6.84. The van der Waals surface area contributed by atoms with Crippen LogP contribution in [0.2, 0.25) is 5.02 Å². The first-order valence-electron chi connectivity index (χ1n) is 9.12. The standard InChI is InChI=1S/C20H22ClN3O4S2/c1-14-3-6-16(21)9-19(14)24(30(2,26)27)11-20(25)23-22-10-15-4-7-17(8-5-15)28-18-12-29-13-18/h3-10,18H,11-13H2,1-2H3,(H,23,25)/b22-10+. The molecule has 7 nitrogen and oxygen atoms in total. The lowest BCUT2D eigenvalue weighted by Gasteiger charge is -2.25. The van der Waals surface area contributed by atoms with Gasteiger partial charge in [0.25, 0.3) is 5.91 Å². The fourth-order valence-electron chi connectivity index (χ4n) is 2.68. The van der Waals surface area contributed by atoms with Crippen LogP contribution in [0, 0.1) is 6.92 Å². The molecule has 1 amide bonds. The SMILES string of the molecule is Cc1ccc(Cl)cc1N(CC(=O)N/N=C/c1ccc(OC2CSC2)cc1)S(C)(=O)=O. The van der Waals surface area contributed by atoms with Gasteiger partial charge in [-0.25, -0.2) is 13.8 Å². The highest BCUT2D eigenvalue weighted by Crippen LogP contribution is 2.26. The molecule has 0 radical (unpaired) electrons. The quantitative estimate of drug-likeness (QED) is 0.476. The minimum Gasteiger partial charge on any atom is -0.489 e. The van der Waals surface area contributed by atoms with E-state index >= 15 is 0 Å². The summed E-state index contributed by atoms with van der Waals surface area (Å²) in [7, 11) is -3.70. The molecule has 0 spiro atoms. The van der Waals surface area contributed by atoms with Crippen LogP contribution in [0.4, 0.5) is 5.69 Å². The van der Waals surface area contributed by atoms with Crippen molar-refractivity contribution in [1.82, 2.24) is 5.43 Å². The van der Waals surface area contributed by atoms with Crippen molar-refractivity contribution in [2.75, 3.05) is 28.6 Å². The summed E-state index contributed by atoms with van der Waals surface area (Å²) in [5.41, 5.74) is 4.17. The Kier molecular flexibility index (Phi) is 7.27. The zero-order valence-electron chi connectivity index (χ0n) is 16.5. The number of thioether (sulfide) groups is 1. The third kappa shape index (κ3) is 6.13. The molecule has 0 unspecified atom stereocenters. The summed E-state index contributed by atoms with van der Waals surface area (Å²) in [6, 6.07) is 12.2. The number of carbonyl (C=O) groups excluding carboxylic acids is 1. The van der Waals surface area contributed by atoms with E-state index in [2.05, 4.69) is 10.5 Å². The third-order valence-corrected chi connectivity index (χ3v) is 6.90. The average molecular weight is 468 g/mol. The minimum absolute atomic E-state index is 0.273. The number of halogens is 1. The van der Waals surface area contributed by atoms with Crippen molar-refractivity contribution in [2.24, 2.45) is 5.10 Å². The summed E-state index contributed by atoms with van der Waals surface area (Å²) in [5, 5.41) is 4.29. The summed E-state index contributed by atoms with van der Waals surface area (Å²) in [6.45, 7) is 1.33. The molecule has 0 saturated carbocycles. The summed E-state index contributed by atoms with van der Waals surface area (Å²) in [5.74, 6) is 2.24.